The number of piperidine rings is 1. The third-order valence-corrected chi connectivity index (χ3v) is 6.73. The van der Waals surface area contributed by atoms with Gasteiger partial charge in [0, 0.05) is 18.3 Å². The van der Waals surface area contributed by atoms with Crippen LogP contribution in [0.1, 0.15) is 62.1 Å². The van der Waals surface area contributed by atoms with Crippen LogP contribution in [0.4, 0.5) is 0 Å². The van der Waals surface area contributed by atoms with Crippen LogP contribution in [0.15, 0.2) is 17.1 Å². The molecule has 29 heavy (non-hydrogen) atoms. The molecule has 0 radical (unpaired) electrons. The highest BCUT2D eigenvalue weighted by Crippen LogP contribution is 2.38. The van der Waals surface area contributed by atoms with Crippen LogP contribution < -0.4 is 11.3 Å². The van der Waals surface area contributed by atoms with E-state index in [-0.39, 0.29) is 23.8 Å². The van der Waals surface area contributed by atoms with Crippen LogP contribution in [0.2, 0.25) is 6.32 Å². The molecule has 6 N–H and O–H groups in total. The second-order valence-electron chi connectivity index (χ2n) is 8.57. The minimum atomic E-state index is -1.36. The Morgan fingerprint density at radius 2 is 2.00 bits per heavy atom. The molecule has 2 heterocycles. The van der Waals surface area contributed by atoms with Crippen molar-refractivity contribution >= 4 is 13.1 Å². The number of pyridine rings is 1. The first-order chi connectivity index (χ1) is 13.8. The minimum absolute atomic E-state index is 0.0783. The van der Waals surface area contributed by atoms with Crippen LogP contribution in [0.3, 0.4) is 0 Å². The number of H-pyrrole nitrogens is 1. The van der Waals surface area contributed by atoms with Crippen LogP contribution in [0.25, 0.3) is 0 Å². The summed E-state index contributed by atoms with van der Waals surface area (Å²) in [6.07, 6.45) is 7.97. The maximum absolute atomic E-state index is 12.0. The number of carboxylic acids is 1. The molecule has 1 saturated heterocycles. The molecule has 8 nitrogen and oxygen atoms in total. The average Bonchev–Trinajstić information content (AvgIpc) is 2.70. The van der Waals surface area contributed by atoms with E-state index in [4.69, 9.17) is 15.8 Å². The standard InChI is InChI=1S/C20H32BN3O5/c22-20(19(26)27,8-1-2-9-21(28)29)15-6-10-24(11-7-15)17-5-3-4-14-13-23-18(25)12-16(14)17/h12-13,15,17,28-29H,1-11,22H2,(H,23,25)(H,26,27). The van der Waals surface area contributed by atoms with Gasteiger partial charge in [0.1, 0.15) is 5.54 Å². The number of fused-ring (bicyclic) bond motifs is 1. The molecule has 1 aromatic heterocycles. The Kier molecular flexibility index (Phi) is 7.16. The van der Waals surface area contributed by atoms with E-state index in [1.807, 2.05) is 6.20 Å². The molecule has 2 aliphatic rings. The van der Waals surface area contributed by atoms with Crippen LogP contribution in [-0.4, -0.2) is 56.8 Å². The molecule has 0 spiro atoms. The van der Waals surface area contributed by atoms with Gasteiger partial charge in [0.05, 0.1) is 0 Å². The van der Waals surface area contributed by atoms with E-state index in [0.29, 0.717) is 32.1 Å². The third-order valence-electron chi connectivity index (χ3n) is 6.73. The first-order valence-corrected chi connectivity index (χ1v) is 10.6. The number of aromatic nitrogens is 1. The SMILES string of the molecule is NC(CCCCB(O)O)(C(=O)O)C1CCN(C2CCCc3c[nH]c(=O)cc32)CC1. The number of hydrogen-bond donors (Lipinski definition) is 5. The number of unbranched alkanes of at least 4 members (excludes halogenated alkanes) is 1. The Labute approximate surface area is 171 Å². The summed E-state index contributed by atoms with van der Waals surface area (Å²) in [6, 6.07) is 1.93. The number of likely N-dealkylation sites (tertiary alicyclic amines) is 1. The number of nitrogens with two attached hydrogens (primary N) is 1. The molecular formula is C20H32BN3O5. The lowest BCUT2D eigenvalue weighted by Gasteiger charge is -2.44. The molecule has 2 unspecified atom stereocenters. The van der Waals surface area contributed by atoms with E-state index in [9.17, 15) is 14.7 Å². The highest BCUT2D eigenvalue weighted by atomic mass is 16.4. The number of nitrogens with one attached hydrogen (secondary N) is 1. The lowest BCUT2D eigenvalue weighted by Crippen LogP contribution is -2.57. The molecular weight excluding hydrogens is 373 g/mol. The van der Waals surface area contributed by atoms with E-state index in [0.717, 1.165) is 37.9 Å². The van der Waals surface area contributed by atoms with Crippen molar-refractivity contribution in [2.24, 2.45) is 11.7 Å². The number of aromatic amines is 1. The minimum Gasteiger partial charge on any atom is -0.480 e. The fraction of sp³-hybridized carbons (Fsp3) is 0.700. The molecule has 9 heteroatoms. The zero-order valence-electron chi connectivity index (χ0n) is 16.8. The van der Waals surface area contributed by atoms with E-state index in [2.05, 4.69) is 9.88 Å². The largest absolute Gasteiger partial charge is 0.480 e. The summed E-state index contributed by atoms with van der Waals surface area (Å²) >= 11 is 0. The van der Waals surface area contributed by atoms with Crippen LogP contribution in [0.5, 0.6) is 0 Å². The molecule has 0 aromatic carbocycles. The van der Waals surface area contributed by atoms with E-state index in [1.54, 1.807) is 6.07 Å². The fourth-order valence-electron chi connectivity index (χ4n) is 5.02. The number of aryl methyl sites for hydroxylation is 1. The predicted molar refractivity (Wildman–Crippen MR) is 110 cm³/mol. The monoisotopic (exact) mass is 405 g/mol. The van der Waals surface area contributed by atoms with Gasteiger partial charge >= 0.3 is 13.1 Å². The molecule has 3 rings (SSSR count). The summed E-state index contributed by atoms with van der Waals surface area (Å²) in [5.74, 6) is -1.09. The Bertz CT molecular complexity index is 763. The number of carboxylic acid groups (broad SMARTS) is 1. The number of carbonyl (C=O) groups is 1. The van der Waals surface area contributed by atoms with Crippen LogP contribution in [-0.2, 0) is 11.2 Å². The maximum atomic E-state index is 12.0. The van der Waals surface area contributed by atoms with Gasteiger partial charge in [-0.3, -0.25) is 14.5 Å². The number of hydrogen-bond acceptors (Lipinski definition) is 6. The summed E-state index contributed by atoms with van der Waals surface area (Å²) in [7, 11) is -1.36. The zero-order valence-corrected chi connectivity index (χ0v) is 16.8. The lowest BCUT2D eigenvalue weighted by atomic mass is 9.73. The summed E-state index contributed by atoms with van der Waals surface area (Å²) in [4.78, 5) is 28.9. The third kappa shape index (κ3) is 5.09. The molecule has 1 aliphatic carbocycles. The van der Waals surface area contributed by atoms with Crippen molar-refractivity contribution in [2.45, 2.75) is 69.3 Å². The van der Waals surface area contributed by atoms with Crippen LogP contribution >= 0.6 is 0 Å². The van der Waals surface area contributed by atoms with Gasteiger partial charge in [-0.2, -0.15) is 0 Å². The second kappa shape index (κ2) is 9.42. The van der Waals surface area contributed by atoms with Gasteiger partial charge in [-0.1, -0.05) is 12.8 Å². The van der Waals surface area contributed by atoms with Crippen molar-refractivity contribution in [2.75, 3.05) is 13.1 Å². The van der Waals surface area contributed by atoms with Gasteiger partial charge in [-0.15, -0.1) is 0 Å². The molecule has 0 amide bonds. The van der Waals surface area contributed by atoms with Gasteiger partial charge in [0.25, 0.3) is 0 Å². The van der Waals surface area contributed by atoms with Crippen molar-refractivity contribution in [3.8, 4) is 0 Å². The molecule has 160 valence electrons. The topological polar surface area (TPSA) is 140 Å². The van der Waals surface area contributed by atoms with Crippen LogP contribution in [0, 0.1) is 5.92 Å². The number of rotatable bonds is 8. The van der Waals surface area contributed by atoms with E-state index >= 15 is 0 Å². The number of nitrogens with zero attached hydrogens (tertiary/aromatic N) is 1. The van der Waals surface area contributed by atoms with Crippen molar-refractivity contribution < 1.29 is 19.9 Å². The lowest BCUT2D eigenvalue weighted by molar-refractivity contribution is -0.147. The van der Waals surface area contributed by atoms with Crippen molar-refractivity contribution in [1.82, 2.24) is 9.88 Å². The smallest absolute Gasteiger partial charge is 0.451 e. The first kappa shape index (κ1) is 22.0. The van der Waals surface area contributed by atoms with Crippen molar-refractivity contribution in [3.05, 3.63) is 33.7 Å². The molecule has 1 fully saturated rings. The summed E-state index contributed by atoms with van der Waals surface area (Å²) in [6.45, 7) is 1.53. The highest BCUT2D eigenvalue weighted by molar-refractivity contribution is 6.40. The van der Waals surface area contributed by atoms with E-state index in [1.165, 1.54) is 5.56 Å². The second-order valence-corrected chi connectivity index (χ2v) is 8.57. The van der Waals surface area contributed by atoms with Gasteiger partial charge in [-0.05, 0) is 75.0 Å². The van der Waals surface area contributed by atoms with Crippen molar-refractivity contribution in [1.29, 1.82) is 0 Å². The van der Waals surface area contributed by atoms with Gasteiger partial charge in [-0.25, -0.2) is 0 Å². The van der Waals surface area contributed by atoms with Crippen molar-refractivity contribution in [3.63, 3.8) is 0 Å². The fourth-order valence-corrected chi connectivity index (χ4v) is 5.02. The Balaban J connectivity index is 1.62. The summed E-state index contributed by atoms with van der Waals surface area (Å²) in [5.41, 5.74) is 7.31. The quantitative estimate of drug-likeness (QED) is 0.320. The predicted octanol–water partition coefficient (Wildman–Crippen LogP) is 0.889. The molecule has 2 atom stereocenters. The molecule has 0 saturated carbocycles. The first-order valence-electron chi connectivity index (χ1n) is 10.6. The Morgan fingerprint density at radius 3 is 2.66 bits per heavy atom. The molecule has 1 aliphatic heterocycles. The Hall–Kier alpha value is -1.68. The number of aliphatic carboxylic acids is 1. The van der Waals surface area contributed by atoms with Gasteiger partial charge < -0.3 is 25.9 Å². The molecule has 1 aromatic rings. The van der Waals surface area contributed by atoms with Gasteiger partial charge in [0.15, 0.2) is 0 Å². The zero-order chi connectivity index (χ0) is 21.0. The van der Waals surface area contributed by atoms with Gasteiger partial charge in [0.2, 0.25) is 5.56 Å². The highest BCUT2D eigenvalue weighted by Gasteiger charge is 2.43. The normalized spacial score (nSPS) is 22.7. The Morgan fingerprint density at radius 1 is 1.28 bits per heavy atom. The van der Waals surface area contributed by atoms with E-state index < -0.39 is 18.6 Å². The molecule has 0 bridgehead atoms. The summed E-state index contributed by atoms with van der Waals surface area (Å²) in [5, 5.41) is 27.7. The average molecular weight is 405 g/mol. The maximum Gasteiger partial charge on any atom is 0.451 e. The summed E-state index contributed by atoms with van der Waals surface area (Å²) < 4.78 is 0.